The molecule has 0 atom stereocenters. The Bertz CT molecular complexity index is 775. The van der Waals surface area contributed by atoms with Gasteiger partial charge in [0.2, 0.25) is 0 Å². The Labute approximate surface area is 125 Å². The monoisotopic (exact) mass is 304 g/mol. The number of aromatic amines is 1. The summed E-state index contributed by atoms with van der Waals surface area (Å²) in [4.78, 5) is 15.4. The fraction of sp³-hybridized carbons (Fsp3) is 0. The standard InChI is InChI=1S/C15H10Cl2N2O/c16-10-6-11(17)8-12(7-10)19-15(20)13-3-1-2-9-4-5-18-14(9)13/h1-8,18H,(H,19,20). The topological polar surface area (TPSA) is 44.9 Å². The Kier molecular flexibility index (Phi) is 3.38. The van der Waals surface area contributed by atoms with E-state index in [1.54, 1.807) is 30.5 Å². The molecular weight excluding hydrogens is 295 g/mol. The molecule has 3 aromatic rings. The van der Waals surface area contributed by atoms with Gasteiger partial charge in [0.15, 0.2) is 0 Å². The van der Waals surface area contributed by atoms with Crippen molar-refractivity contribution < 1.29 is 4.79 Å². The summed E-state index contributed by atoms with van der Waals surface area (Å²) in [5.74, 6) is -0.212. The number of fused-ring (bicyclic) bond motifs is 1. The zero-order valence-electron chi connectivity index (χ0n) is 10.3. The van der Waals surface area contributed by atoms with Gasteiger partial charge in [-0.25, -0.2) is 0 Å². The molecule has 2 aromatic carbocycles. The van der Waals surface area contributed by atoms with Gasteiger partial charge in [0.25, 0.3) is 5.91 Å². The van der Waals surface area contributed by atoms with E-state index in [-0.39, 0.29) is 5.91 Å². The molecule has 0 aliphatic carbocycles. The number of carbonyl (C=O) groups excluding carboxylic acids is 1. The number of anilines is 1. The maximum atomic E-state index is 12.3. The summed E-state index contributed by atoms with van der Waals surface area (Å²) in [7, 11) is 0. The molecule has 0 radical (unpaired) electrons. The van der Waals surface area contributed by atoms with E-state index in [1.807, 2.05) is 18.2 Å². The number of aromatic nitrogens is 1. The van der Waals surface area contributed by atoms with Gasteiger partial charge in [-0.2, -0.15) is 0 Å². The van der Waals surface area contributed by atoms with Gasteiger partial charge in [-0.1, -0.05) is 35.3 Å². The number of hydrogen-bond donors (Lipinski definition) is 2. The second-order valence-corrected chi connectivity index (χ2v) is 5.23. The van der Waals surface area contributed by atoms with Gasteiger partial charge in [-0.3, -0.25) is 4.79 Å². The highest BCUT2D eigenvalue weighted by molar-refractivity contribution is 6.35. The molecule has 0 unspecified atom stereocenters. The zero-order valence-corrected chi connectivity index (χ0v) is 11.8. The fourth-order valence-corrected chi connectivity index (χ4v) is 2.62. The molecule has 0 saturated heterocycles. The third-order valence-electron chi connectivity index (χ3n) is 2.95. The van der Waals surface area contributed by atoms with E-state index < -0.39 is 0 Å². The van der Waals surface area contributed by atoms with Gasteiger partial charge >= 0.3 is 0 Å². The predicted molar refractivity (Wildman–Crippen MR) is 82.7 cm³/mol. The largest absolute Gasteiger partial charge is 0.361 e. The number of benzene rings is 2. The van der Waals surface area contributed by atoms with E-state index in [0.29, 0.717) is 21.3 Å². The normalized spacial score (nSPS) is 10.7. The average Bonchev–Trinajstić information content (AvgIpc) is 2.85. The van der Waals surface area contributed by atoms with Gasteiger partial charge < -0.3 is 10.3 Å². The Hall–Kier alpha value is -1.97. The van der Waals surface area contributed by atoms with E-state index in [4.69, 9.17) is 23.2 Å². The minimum atomic E-state index is -0.212. The lowest BCUT2D eigenvalue weighted by Crippen LogP contribution is -2.12. The van der Waals surface area contributed by atoms with Gasteiger partial charge in [-0.15, -0.1) is 0 Å². The number of carbonyl (C=O) groups is 1. The van der Waals surface area contributed by atoms with Crippen molar-refractivity contribution in [3.63, 3.8) is 0 Å². The maximum Gasteiger partial charge on any atom is 0.257 e. The number of rotatable bonds is 2. The van der Waals surface area contributed by atoms with Crippen molar-refractivity contribution in [2.75, 3.05) is 5.32 Å². The predicted octanol–water partition coefficient (Wildman–Crippen LogP) is 4.73. The minimum Gasteiger partial charge on any atom is -0.361 e. The molecule has 0 saturated carbocycles. The van der Waals surface area contributed by atoms with E-state index in [1.165, 1.54) is 0 Å². The third-order valence-corrected chi connectivity index (χ3v) is 3.39. The first kappa shape index (κ1) is 13.0. The van der Waals surface area contributed by atoms with E-state index in [0.717, 1.165) is 10.9 Å². The molecule has 3 rings (SSSR count). The Morgan fingerprint density at radius 3 is 2.55 bits per heavy atom. The Morgan fingerprint density at radius 1 is 1.05 bits per heavy atom. The maximum absolute atomic E-state index is 12.3. The molecule has 3 nitrogen and oxygen atoms in total. The molecule has 1 heterocycles. The summed E-state index contributed by atoms with van der Waals surface area (Å²) in [6, 6.07) is 12.4. The first-order chi connectivity index (χ1) is 9.63. The number of H-pyrrole nitrogens is 1. The quantitative estimate of drug-likeness (QED) is 0.706. The fourth-order valence-electron chi connectivity index (χ4n) is 2.10. The van der Waals surface area contributed by atoms with Crippen molar-refractivity contribution in [3.8, 4) is 0 Å². The van der Waals surface area contributed by atoms with Gasteiger partial charge in [-0.05, 0) is 30.3 Å². The molecule has 20 heavy (non-hydrogen) atoms. The molecule has 5 heteroatoms. The van der Waals surface area contributed by atoms with Gasteiger partial charge in [0.1, 0.15) is 0 Å². The molecule has 2 N–H and O–H groups in total. The summed E-state index contributed by atoms with van der Waals surface area (Å²) in [6.45, 7) is 0. The first-order valence-electron chi connectivity index (χ1n) is 5.97. The summed E-state index contributed by atoms with van der Waals surface area (Å²) >= 11 is 11.8. The lowest BCUT2D eigenvalue weighted by Gasteiger charge is -2.07. The van der Waals surface area contributed by atoms with Crippen molar-refractivity contribution >= 4 is 45.7 Å². The van der Waals surface area contributed by atoms with Crippen molar-refractivity contribution in [3.05, 3.63) is 64.3 Å². The number of halogens is 2. The summed E-state index contributed by atoms with van der Waals surface area (Å²) in [5, 5.41) is 4.74. The molecule has 100 valence electrons. The number of hydrogen-bond acceptors (Lipinski definition) is 1. The summed E-state index contributed by atoms with van der Waals surface area (Å²) in [5.41, 5.74) is 1.94. The SMILES string of the molecule is O=C(Nc1cc(Cl)cc(Cl)c1)c1cccc2cc[nH]c12. The Balaban J connectivity index is 1.95. The van der Waals surface area contributed by atoms with Crippen LogP contribution in [0.2, 0.25) is 10.0 Å². The van der Waals surface area contributed by atoms with Crippen LogP contribution in [0, 0.1) is 0 Å². The highest BCUT2D eigenvalue weighted by Crippen LogP contribution is 2.24. The van der Waals surface area contributed by atoms with Crippen LogP contribution in [-0.4, -0.2) is 10.9 Å². The lowest BCUT2D eigenvalue weighted by molar-refractivity contribution is 0.102. The second kappa shape index (κ2) is 5.19. The van der Waals surface area contributed by atoms with Gasteiger partial charge in [0, 0.05) is 27.3 Å². The second-order valence-electron chi connectivity index (χ2n) is 4.36. The number of para-hydroxylation sites is 1. The van der Waals surface area contributed by atoms with Crippen LogP contribution in [0.15, 0.2) is 48.7 Å². The Morgan fingerprint density at radius 2 is 1.80 bits per heavy atom. The van der Waals surface area contributed by atoms with E-state index in [9.17, 15) is 4.79 Å². The minimum absolute atomic E-state index is 0.212. The molecular formula is C15H10Cl2N2O. The number of amides is 1. The molecule has 0 spiro atoms. The van der Waals surface area contributed by atoms with E-state index in [2.05, 4.69) is 10.3 Å². The first-order valence-corrected chi connectivity index (χ1v) is 6.72. The molecule has 0 aliphatic heterocycles. The van der Waals surface area contributed by atoms with Crippen LogP contribution in [0.4, 0.5) is 5.69 Å². The van der Waals surface area contributed by atoms with Gasteiger partial charge in [0.05, 0.1) is 11.1 Å². The van der Waals surface area contributed by atoms with Crippen LogP contribution in [0.5, 0.6) is 0 Å². The highest BCUT2D eigenvalue weighted by atomic mass is 35.5. The molecule has 0 fully saturated rings. The van der Waals surface area contributed by atoms with Crippen molar-refractivity contribution in [2.24, 2.45) is 0 Å². The van der Waals surface area contributed by atoms with Crippen LogP contribution in [-0.2, 0) is 0 Å². The van der Waals surface area contributed by atoms with Crippen LogP contribution >= 0.6 is 23.2 Å². The van der Waals surface area contributed by atoms with E-state index >= 15 is 0 Å². The molecule has 1 amide bonds. The smallest absolute Gasteiger partial charge is 0.257 e. The summed E-state index contributed by atoms with van der Waals surface area (Å²) in [6.07, 6.45) is 1.80. The van der Waals surface area contributed by atoms with Crippen molar-refractivity contribution in [1.82, 2.24) is 4.98 Å². The van der Waals surface area contributed by atoms with Crippen LogP contribution in [0.3, 0.4) is 0 Å². The van der Waals surface area contributed by atoms with Crippen molar-refractivity contribution in [1.29, 1.82) is 0 Å². The van der Waals surface area contributed by atoms with Crippen LogP contribution in [0.25, 0.3) is 10.9 Å². The number of nitrogens with one attached hydrogen (secondary N) is 2. The molecule has 0 aliphatic rings. The van der Waals surface area contributed by atoms with Crippen molar-refractivity contribution in [2.45, 2.75) is 0 Å². The molecule has 0 bridgehead atoms. The molecule has 1 aromatic heterocycles. The lowest BCUT2D eigenvalue weighted by atomic mass is 10.1. The average molecular weight is 305 g/mol. The van der Waals surface area contributed by atoms with Crippen LogP contribution in [0.1, 0.15) is 10.4 Å². The van der Waals surface area contributed by atoms with Crippen LogP contribution < -0.4 is 5.32 Å². The highest BCUT2D eigenvalue weighted by Gasteiger charge is 2.11. The third kappa shape index (κ3) is 2.50. The summed E-state index contributed by atoms with van der Waals surface area (Å²) < 4.78 is 0. The zero-order chi connectivity index (χ0) is 14.1.